The zero-order chi connectivity index (χ0) is 21.3. The monoisotopic (exact) mass is 405 g/mol. The molecular formula is C23H23N3O4. The quantitative estimate of drug-likeness (QED) is 0.697. The molecule has 3 aromatic rings. The number of carbonyl (C=O) groups is 1. The van der Waals surface area contributed by atoms with Crippen molar-refractivity contribution in [2.24, 2.45) is 0 Å². The molecule has 4 rings (SSSR count). The Balaban J connectivity index is 1.64. The van der Waals surface area contributed by atoms with E-state index in [2.05, 4.69) is 10.4 Å². The van der Waals surface area contributed by atoms with Gasteiger partial charge in [0.2, 0.25) is 12.7 Å². The summed E-state index contributed by atoms with van der Waals surface area (Å²) in [5.41, 5.74) is 4.00. The minimum Gasteiger partial charge on any atom is -0.454 e. The molecule has 1 aromatic heterocycles. The van der Waals surface area contributed by atoms with Crippen molar-refractivity contribution in [3.8, 4) is 22.8 Å². The second-order valence-corrected chi connectivity index (χ2v) is 7.30. The Morgan fingerprint density at radius 2 is 1.90 bits per heavy atom. The van der Waals surface area contributed by atoms with Crippen molar-refractivity contribution in [2.45, 2.75) is 33.2 Å². The molecule has 7 heteroatoms. The molecule has 30 heavy (non-hydrogen) atoms. The molecule has 2 aromatic carbocycles. The Bertz CT molecular complexity index is 1170. The van der Waals surface area contributed by atoms with E-state index in [4.69, 9.17) is 9.47 Å². The number of anilines is 1. The van der Waals surface area contributed by atoms with Crippen molar-refractivity contribution in [1.29, 1.82) is 0 Å². The fourth-order valence-corrected chi connectivity index (χ4v) is 3.47. The summed E-state index contributed by atoms with van der Waals surface area (Å²) in [6.07, 6.45) is 0.416. The molecule has 0 fully saturated rings. The van der Waals surface area contributed by atoms with Gasteiger partial charge in [-0.3, -0.25) is 9.59 Å². The second kappa shape index (κ2) is 8.02. The third-order valence-electron chi connectivity index (χ3n) is 5.12. The normalized spacial score (nSPS) is 13.2. The number of benzene rings is 2. The molecule has 1 unspecified atom stereocenters. The van der Waals surface area contributed by atoms with Crippen LogP contribution in [0.5, 0.6) is 11.5 Å². The van der Waals surface area contributed by atoms with Crippen LogP contribution in [0, 0.1) is 13.8 Å². The highest BCUT2D eigenvalue weighted by Gasteiger charge is 2.23. The van der Waals surface area contributed by atoms with Gasteiger partial charge < -0.3 is 14.8 Å². The molecule has 0 spiro atoms. The number of fused-ring (bicyclic) bond motifs is 1. The molecule has 154 valence electrons. The fourth-order valence-electron chi connectivity index (χ4n) is 3.47. The van der Waals surface area contributed by atoms with Gasteiger partial charge in [0.1, 0.15) is 6.04 Å². The number of aromatic nitrogens is 2. The lowest BCUT2D eigenvalue weighted by Crippen LogP contribution is -2.34. The number of aryl methyl sites for hydroxylation is 2. The van der Waals surface area contributed by atoms with Crippen LogP contribution in [-0.4, -0.2) is 22.5 Å². The molecule has 1 aliphatic heterocycles. The number of hydrogen-bond donors (Lipinski definition) is 1. The molecule has 0 bridgehead atoms. The Hall–Kier alpha value is -3.61. The third-order valence-corrected chi connectivity index (χ3v) is 5.12. The number of nitrogens with zero attached hydrogens (tertiary/aromatic N) is 2. The van der Waals surface area contributed by atoms with Crippen LogP contribution in [0.25, 0.3) is 11.3 Å². The van der Waals surface area contributed by atoms with Gasteiger partial charge in [0.25, 0.3) is 5.56 Å². The summed E-state index contributed by atoms with van der Waals surface area (Å²) in [6, 6.07) is 13.7. The van der Waals surface area contributed by atoms with Crippen LogP contribution < -0.4 is 20.3 Å². The highest BCUT2D eigenvalue weighted by Crippen LogP contribution is 2.34. The SMILES string of the molecule is CCC(C(=O)Nc1ccc2c(c1)OCO2)n1nc(-c2cc(C)ccc2C)ccc1=O. The number of hydrogen-bond acceptors (Lipinski definition) is 5. The predicted octanol–water partition coefficient (Wildman–Crippen LogP) is 3.85. The first-order valence-electron chi connectivity index (χ1n) is 9.84. The topological polar surface area (TPSA) is 82.4 Å². The second-order valence-electron chi connectivity index (χ2n) is 7.30. The van der Waals surface area contributed by atoms with Crippen molar-refractivity contribution >= 4 is 11.6 Å². The van der Waals surface area contributed by atoms with Gasteiger partial charge in [0, 0.05) is 23.4 Å². The standard InChI is InChI=1S/C23H23N3O4/c1-4-19(23(28)24-16-7-9-20-21(12-16)30-13-29-20)26-22(27)10-8-18(25-26)17-11-14(2)5-6-15(17)3/h5-12,19H,4,13H2,1-3H3,(H,24,28). The lowest BCUT2D eigenvalue weighted by atomic mass is 10.0. The first kappa shape index (κ1) is 19.7. The van der Waals surface area contributed by atoms with Crippen molar-refractivity contribution in [1.82, 2.24) is 9.78 Å². The Kier molecular flexibility index (Phi) is 5.27. The average Bonchev–Trinajstić information content (AvgIpc) is 3.19. The Labute approximate surface area is 174 Å². The molecule has 0 radical (unpaired) electrons. The summed E-state index contributed by atoms with van der Waals surface area (Å²) in [5.74, 6) is 0.899. The maximum atomic E-state index is 13.0. The van der Waals surface area contributed by atoms with Crippen LogP contribution >= 0.6 is 0 Å². The molecule has 7 nitrogen and oxygen atoms in total. The average molecular weight is 405 g/mol. The number of ether oxygens (including phenoxy) is 2. The summed E-state index contributed by atoms with van der Waals surface area (Å²) in [7, 11) is 0. The smallest absolute Gasteiger partial charge is 0.267 e. The van der Waals surface area contributed by atoms with Crippen molar-refractivity contribution in [3.05, 3.63) is 70.0 Å². The third kappa shape index (κ3) is 3.78. The molecule has 1 aliphatic rings. The van der Waals surface area contributed by atoms with Gasteiger partial charge in [-0.25, -0.2) is 4.68 Å². The van der Waals surface area contributed by atoms with E-state index in [1.54, 1.807) is 24.3 Å². The lowest BCUT2D eigenvalue weighted by molar-refractivity contribution is -0.119. The summed E-state index contributed by atoms with van der Waals surface area (Å²) in [6.45, 7) is 6.01. The highest BCUT2D eigenvalue weighted by atomic mass is 16.7. The summed E-state index contributed by atoms with van der Waals surface area (Å²) >= 11 is 0. The van der Waals surface area contributed by atoms with Crippen LogP contribution in [0.1, 0.15) is 30.5 Å². The predicted molar refractivity (Wildman–Crippen MR) is 114 cm³/mol. The first-order chi connectivity index (χ1) is 14.5. The Morgan fingerprint density at radius 1 is 1.10 bits per heavy atom. The zero-order valence-electron chi connectivity index (χ0n) is 17.1. The lowest BCUT2D eigenvalue weighted by Gasteiger charge is -2.18. The van der Waals surface area contributed by atoms with E-state index in [9.17, 15) is 9.59 Å². The van der Waals surface area contributed by atoms with Crippen LogP contribution in [0.3, 0.4) is 0 Å². The molecule has 0 aliphatic carbocycles. The van der Waals surface area contributed by atoms with Gasteiger partial charge in [0.05, 0.1) is 5.69 Å². The van der Waals surface area contributed by atoms with E-state index in [0.717, 1.165) is 16.7 Å². The van der Waals surface area contributed by atoms with Crippen molar-refractivity contribution < 1.29 is 14.3 Å². The van der Waals surface area contributed by atoms with Crippen LogP contribution in [0.4, 0.5) is 5.69 Å². The van der Waals surface area contributed by atoms with E-state index < -0.39 is 6.04 Å². The Morgan fingerprint density at radius 3 is 2.70 bits per heavy atom. The number of rotatable bonds is 5. The summed E-state index contributed by atoms with van der Waals surface area (Å²) < 4.78 is 11.9. The van der Waals surface area contributed by atoms with Crippen LogP contribution in [0.2, 0.25) is 0 Å². The maximum Gasteiger partial charge on any atom is 0.267 e. The molecule has 1 N–H and O–H groups in total. The number of nitrogens with one attached hydrogen (secondary N) is 1. The van der Waals surface area contributed by atoms with Gasteiger partial charge in [-0.1, -0.05) is 24.6 Å². The number of amides is 1. The molecule has 0 saturated heterocycles. The molecule has 1 atom stereocenters. The van der Waals surface area contributed by atoms with Gasteiger partial charge in [-0.15, -0.1) is 0 Å². The molecular weight excluding hydrogens is 382 g/mol. The van der Waals surface area contributed by atoms with E-state index in [1.807, 2.05) is 39.0 Å². The van der Waals surface area contributed by atoms with Gasteiger partial charge in [-0.05, 0) is 50.1 Å². The highest BCUT2D eigenvalue weighted by molar-refractivity contribution is 5.94. The fraction of sp³-hybridized carbons (Fsp3) is 0.261. The van der Waals surface area contributed by atoms with Gasteiger partial charge in [0.15, 0.2) is 11.5 Å². The zero-order valence-corrected chi connectivity index (χ0v) is 17.1. The molecule has 0 saturated carbocycles. The summed E-state index contributed by atoms with van der Waals surface area (Å²) in [4.78, 5) is 25.5. The van der Waals surface area contributed by atoms with E-state index >= 15 is 0 Å². The van der Waals surface area contributed by atoms with Crippen LogP contribution in [0.15, 0.2) is 53.3 Å². The van der Waals surface area contributed by atoms with Crippen molar-refractivity contribution in [3.63, 3.8) is 0 Å². The van der Waals surface area contributed by atoms with Gasteiger partial charge >= 0.3 is 0 Å². The number of carbonyl (C=O) groups excluding carboxylic acids is 1. The van der Waals surface area contributed by atoms with E-state index in [-0.39, 0.29) is 18.3 Å². The molecule has 2 heterocycles. The van der Waals surface area contributed by atoms with E-state index in [0.29, 0.717) is 29.3 Å². The maximum absolute atomic E-state index is 13.0. The van der Waals surface area contributed by atoms with Crippen LogP contribution in [-0.2, 0) is 4.79 Å². The minimum atomic E-state index is -0.743. The van der Waals surface area contributed by atoms with Gasteiger partial charge in [-0.2, -0.15) is 5.10 Å². The summed E-state index contributed by atoms with van der Waals surface area (Å²) in [5, 5.41) is 7.39. The first-order valence-corrected chi connectivity index (χ1v) is 9.84. The molecule has 1 amide bonds. The van der Waals surface area contributed by atoms with Crippen molar-refractivity contribution in [2.75, 3.05) is 12.1 Å². The minimum absolute atomic E-state index is 0.162. The largest absolute Gasteiger partial charge is 0.454 e. The van der Waals surface area contributed by atoms with E-state index in [1.165, 1.54) is 10.7 Å².